The van der Waals surface area contributed by atoms with Crippen LogP contribution in [0.2, 0.25) is 0 Å². The average Bonchev–Trinajstić information content (AvgIpc) is 2.80. The van der Waals surface area contributed by atoms with Gasteiger partial charge in [-0.15, -0.1) is 0 Å². The summed E-state index contributed by atoms with van der Waals surface area (Å²) in [5, 5.41) is 13.1. The lowest BCUT2D eigenvalue weighted by molar-refractivity contribution is -0.121. The molecule has 1 aliphatic rings. The van der Waals surface area contributed by atoms with Gasteiger partial charge in [0.2, 0.25) is 5.91 Å². The molecule has 1 amide bonds. The Bertz CT molecular complexity index is 1130. The fourth-order valence-electron chi connectivity index (χ4n) is 4.11. The van der Waals surface area contributed by atoms with Gasteiger partial charge in [-0.25, -0.2) is 4.98 Å². The molecule has 1 aliphatic heterocycles. The van der Waals surface area contributed by atoms with Crippen molar-refractivity contribution < 1.29 is 9.90 Å². The van der Waals surface area contributed by atoms with Gasteiger partial charge in [-0.3, -0.25) is 19.1 Å². The van der Waals surface area contributed by atoms with Gasteiger partial charge >= 0.3 is 0 Å². The number of para-hydroxylation sites is 1. The highest BCUT2D eigenvalue weighted by molar-refractivity contribution is 5.80. The van der Waals surface area contributed by atoms with Crippen LogP contribution in [0.4, 0.5) is 0 Å². The Labute approximate surface area is 187 Å². The van der Waals surface area contributed by atoms with Crippen LogP contribution >= 0.6 is 0 Å². The molecule has 0 saturated carbocycles. The molecule has 32 heavy (non-hydrogen) atoms. The first-order valence-corrected chi connectivity index (χ1v) is 11.2. The van der Waals surface area contributed by atoms with Gasteiger partial charge < -0.3 is 10.4 Å². The number of hydrogen-bond acceptors (Lipinski definition) is 5. The molecule has 168 valence electrons. The standard InChI is InChI=1S/C25H30N4O3/c1-18-3-2-4-22-24(18)27-17-29(25(22)32)14-11-23(31)26-15-19-5-7-20(8-6-19)16-28-12-9-21(30)10-13-28/h2-8,17,21,30H,9-16H2,1H3,(H,26,31). The minimum atomic E-state index is -0.155. The van der Waals surface area contributed by atoms with E-state index < -0.39 is 0 Å². The van der Waals surface area contributed by atoms with Crippen molar-refractivity contribution in [2.45, 2.75) is 51.9 Å². The van der Waals surface area contributed by atoms with Gasteiger partial charge in [0.25, 0.3) is 5.56 Å². The van der Waals surface area contributed by atoms with Crippen LogP contribution in [-0.2, 0) is 24.4 Å². The van der Waals surface area contributed by atoms with Crippen LogP contribution in [0.1, 0.15) is 36.0 Å². The van der Waals surface area contributed by atoms with Gasteiger partial charge in [0.15, 0.2) is 0 Å². The molecule has 1 fully saturated rings. The zero-order valence-electron chi connectivity index (χ0n) is 18.5. The van der Waals surface area contributed by atoms with E-state index in [-0.39, 0.29) is 24.0 Å². The van der Waals surface area contributed by atoms with Crippen LogP contribution in [-0.4, -0.2) is 44.7 Å². The number of aryl methyl sites for hydroxylation is 2. The number of carbonyl (C=O) groups is 1. The van der Waals surface area contributed by atoms with Crippen molar-refractivity contribution in [2.24, 2.45) is 0 Å². The third kappa shape index (κ3) is 5.41. The van der Waals surface area contributed by atoms with Gasteiger partial charge in [0.1, 0.15) is 0 Å². The highest BCUT2D eigenvalue weighted by Gasteiger charge is 2.16. The predicted octanol–water partition coefficient (Wildman–Crippen LogP) is 2.37. The Morgan fingerprint density at radius 1 is 1.12 bits per heavy atom. The minimum absolute atomic E-state index is 0.0998. The summed E-state index contributed by atoms with van der Waals surface area (Å²) in [5.74, 6) is -0.0998. The summed E-state index contributed by atoms with van der Waals surface area (Å²) >= 11 is 0. The smallest absolute Gasteiger partial charge is 0.261 e. The quantitative estimate of drug-likeness (QED) is 0.596. The molecule has 0 spiro atoms. The molecule has 2 heterocycles. The van der Waals surface area contributed by atoms with Crippen molar-refractivity contribution in [1.29, 1.82) is 0 Å². The second-order valence-electron chi connectivity index (χ2n) is 8.56. The van der Waals surface area contributed by atoms with Crippen molar-refractivity contribution in [3.8, 4) is 0 Å². The van der Waals surface area contributed by atoms with E-state index in [1.54, 1.807) is 6.07 Å². The number of amides is 1. The normalized spacial score (nSPS) is 15.2. The molecule has 2 aromatic carbocycles. The van der Waals surface area contributed by atoms with Crippen molar-refractivity contribution in [1.82, 2.24) is 19.8 Å². The summed E-state index contributed by atoms with van der Waals surface area (Å²) in [4.78, 5) is 31.7. The summed E-state index contributed by atoms with van der Waals surface area (Å²) in [6, 6.07) is 13.8. The van der Waals surface area contributed by atoms with E-state index in [0.717, 1.165) is 43.6 Å². The molecule has 2 N–H and O–H groups in total. The van der Waals surface area contributed by atoms with Crippen LogP contribution < -0.4 is 10.9 Å². The number of fused-ring (bicyclic) bond motifs is 1. The number of aromatic nitrogens is 2. The highest BCUT2D eigenvalue weighted by atomic mass is 16.3. The molecule has 0 bridgehead atoms. The number of hydrogen-bond donors (Lipinski definition) is 2. The number of aliphatic hydroxyl groups is 1. The molecule has 3 aromatic rings. The number of nitrogens with zero attached hydrogens (tertiary/aromatic N) is 3. The summed E-state index contributed by atoms with van der Waals surface area (Å²) < 4.78 is 1.50. The van der Waals surface area contributed by atoms with E-state index in [0.29, 0.717) is 24.0 Å². The molecule has 0 radical (unpaired) electrons. The SMILES string of the molecule is Cc1cccc2c(=O)n(CCC(=O)NCc3ccc(CN4CCC(O)CC4)cc3)cnc12. The van der Waals surface area contributed by atoms with E-state index in [4.69, 9.17) is 0 Å². The van der Waals surface area contributed by atoms with Crippen LogP contribution in [0.5, 0.6) is 0 Å². The van der Waals surface area contributed by atoms with Crippen LogP contribution in [0.15, 0.2) is 53.6 Å². The number of nitrogens with one attached hydrogen (secondary N) is 1. The Morgan fingerprint density at radius 2 is 1.84 bits per heavy atom. The Hall–Kier alpha value is -3.03. The molecule has 0 unspecified atom stereocenters. The fraction of sp³-hybridized carbons (Fsp3) is 0.400. The summed E-state index contributed by atoms with van der Waals surface area (Å²) in [6.07, 6.45) is 3.26. The van der Waals surface area contributed by atoms with Gasteiger partial charge in [-0.05, 0) is 42.5 Å². The summed E-state index contributed by atoms with van der Waals surface area (Å²) in [6.45, 7) is 5.42. The molecule has 1 saturated heterocycles. The molecule has 0 atom stereocenters. The Morgan fingerprint density at radius 3 is 2.59 bits per heavy atom. The zero-order valence-corrected chi connectivity index (χ0v) is 18.5. The Balaban J connectivity index is 1.26. The second kappa shape index (κ2) is 10.1. The second-order valence-corrected chi connectivity index (χ2v) is 8.56. The number of benzene rings is 2. The molecule has 7 heteroatoms. The summed E-state index contributed by atoms with van der Waals surface area (Å²) in [5.41, 5.74) is 3.82. The highest BCUT2D eigenvalue weighted by Crippen LogP contribution is 2.14. The minimum Gasteiger partial charge on any atom is -0.393 e. The largest absolute Gasteiger partial charge is 0.393 e. The number of likely N-dealkylation sites (tertiary alicyclic amines) is 1. The van der Waals surface area contributed by atoms with E-state index in [1.165, 1.54) is 16.5 Å². The van der Waals surface area contributed by atoms with Crippen molar-refractivity contribution in [2.75, 3.05) is 13.1 Å². The number of piperidine rings is 1. The van der Waals surface area contributed by atoms with Gasteiger partial charge in [-0.2, -0.15) is 0 Å². The first-order valence-electron chi connectivity index (χ1n) is 11.2. The topological polar surface area (TPSA) is 87.5 Å². The molecule has 4 rings (SSSR count). The molecular formula is C25H30N4O3. The monoisotopic (exact) mass is 434 g/mol. The third-order valence-electron chi connectivity index (χ3n) is 6.11. The number of rotatable bonds is 7. The lowest BCUT2D eigenvalue weighted by Gasteiger charge is -2.29. The van der Waals surface area contributed by atoms with Gasteiger partial charge in [0, 0.05) is 39.1 Å². The average molecular weight is 435 g/mol. The predicted molar refractivity (Wildman–Crippen MR) is 124 cm³/mol. The first kappa shape index (κ1) is 22.2. The van der Waals surface area contributed by atoms with E-state index in [1.807, 2.05) is 31.2 Å². The van der Waals surface area contributed by atoms with Crippen molar-refractivity contribution in [3.05, 3.63) is 75.8 Å². The maximum Gasteiger partial charge on any atom is 0.261 e. The van der Waals surface area contributed by atoms with Crippen molar-refractivity contribution >= 4 is 16.8 Å². The third-order valence-corrected chi connectivity index (χ3v) is 6.11. The maximum absolute atomic E-state index is 12.6. The molecule has 0 aliphatic carbocycles. The fourth-order valence-corrected chi connectivity index (χ4v) is 4.11. The number of carbonyl (C=O) groups excluding carboxylic acids is 1. The number of aliphatic hydroxyl groups excluding tert-OH is 1. The lowest BCUT2D eigenvalue weighted by atomic mass is 10.1. The van der Waals surface area contributed by atoms with Crippen LogP contribution in [0.25, 0.3) is 10.9 Å². The molecular weight excluding hydrogens is 404 g/mol. The first-order chi connectivity index (χ1) is 15.5. The van der Waals surface area contributed by atoms with Crippen molar-refractivity contribution in [3.63, 3.8) is 0 Å². The lowest BCUT2D eigenvalue weighted by Crippen LogP contribution is -2.35. The molecule has 1 aromatic heterocycles. The van der Waals surface area contributed by atoms with Crippen LogP contribution in [0, 0.1) is 6.92 Å². The van der Waals surface area contributed by atoms with Crippen LogP contribution in [0.3, 0.4) is 0 Å². The van der Waals surface area contributed by atoms with Gasteiger partial charge in [-0.1, -0.05) is 36.4 Å². The van der Waals surface area contributed by atoms with Gasteiger partial charge in [0.05, 0.1) is 23.3 Å². The zero-order chi connectivity index (χ0) is 22.5. The van der Waals surface area contributed by atoms with E-state index in [2.05, 4.69) is 27.3 Å². The van der Waals surface area contributed by atoms with E-state index >= 15 is 0 Å². The summed E-state index contributed by atoms with van der Waals surface area (Å²) in [7, 11) is 0. The molecule has 7 nitrogen and oxygen atoms in total. The Kier molecular flexibility index (Phi) is 6.97. The maximum atomic E-state index is 12.6. The van der Waals surface area contributed by atoms with E-state index in [9.17, 15) is 14.7 Å².